The molecule has 5 rings (SSSR count). The molecule has 8 nitrogen and oxygen atoms in total. The first kappa shape index (κ1) is 22.8. The van der Waals surface area contributed by atoms with Crippen LogP contribution in [0.5, 0.6) is 0 Å². The van der Waals surface area contributed by atoms with Gasteiger partial charge >= 0.3 is 0 Å². The van der Waals surface area contributed by atoms with Gasteiger partial charge in [0.1, 0.15) is 0 Å². The van der Waals surface area contributed by atoms with Gasteiger partial charge < -0.3 is 19.7 Å². The summed E-state index contributed by atoms with van der Waals surface area (Å²) in [7, 11) is 0. The van der Waals surface area contributed by atoms with Gasteiger partial charge in [0.2, 0.25) is 23.5 Å². The minimum absolute atomic E-state index is 0.0185. The number of amides is 2. The Morgan fingerprint density at radius 1 is 1.20 bits per heavy atom. The fraction of sp³-hybridized carbons (Fsp3) is 0.333. The lowest BCUT2D eigenvalue weighted by Gasteiger charge is -2.31. The molecule has 0 radical (unpaired) electrons. The molecule has 4 aromatic rings. The molecule has 0 bridgehead atoms. The molecule has 1 atom stereocenters. The summed E-state index contributed by atoms with van der Waals surface area (Å²) in [5, 5.41) is 8.19. The average molecular weight is 472 g/mol. The summed E-state index contributed by atoms with van der Waals surface area (Å²) in [4.78, 5) is 34.5. The van der Waals surface area contributed by atoms with Gasteiger partial charge in [-0.05, 0) is 43.0 Å². The highest BCUT2D eigenvalue weighted by Crippen LogP contribution is 2.29. The Kier molecular flexibility index (Phi) is 6.61. The number of aromatic amines is 1. The summed E-state index contributed by atoms with van der Waals surface area (Å²) in [6.07, 6.45) is 5.40. The van der Waals surface area contributed by atoms with Gasteiger partial charge in [-0.2, -0.15) is 4.98 Å². The van der Waals surface area contributed by atoms with E-state index < -0.39 is 0 Å². The van der Waals surface area contributed by atoms with E-state index >= 15 is 0 Å². The van der Waals surface area contributed by atoms with Crippen LogP contribution in [0.1, 0.15) is 50.0 Å². The average Bonchev–Trinajstić information content (AvgIpc) is 3.55. The molecule has 0 spiro atoms. The number of likely N-dealkylation sites (tertiary alicyclic amines) is 1. The number of carbonyl (C=O) groups excluding carboxylic acids is 2. The molecule has 1 aliphatic rings. The second kappa shape index (κ2) is 10.1. The van der Waals surface area contributed by atoms with Crippen LogP contribution in [0, 0.1) is 0 Å². The Morgan fingerprint density at radius 2 is 2.09 bits per heavy atom. The number of piperidine rings is 1. The van der Waals surface area contributed by atoms with E-state index in [-0.39, 0.29) is 17.7 Å². The number of carbonyl (C=O) groups is 2. The highest BCUT2D eigenvalue weighted by Gasteiger charge is 2.28. The maximum absolute atomic E-state index is 13.0. The lowest BCUT2D eigenvalue weighted by Crippen LogP contribution is -2.39. The standard InChI is InChI=1S/C27H29N5O3/c1-2-24(33)29-21-9-5-7-18(15-21)26-30-27(35-31-26)20-8-6-14-32(17-20)25(34)13-12-19-16-28-23-11-4-3-10-22(19)23/h3-5,7,9-11,15-16,20,28H,2,6,8,12-14,17H2,1H3,(H,29,33). The van der Waals surface area contributed by atoms with Gasteiger partial charge in [0.05, 0.1) is 5.92 Å². The summed E-state index contributed by atoms with van der Waals surface area (Å²) in [6.45, 7) is 3.15. The van der Waals surface area contributed by atoms with Crippen molar-refractivity contribution >= 4 is 28.4 Å². The molecular weight excluding hydrogens is 442 g/mol. The maximum Gasteiger partial charge on any atom is 0.231 e. The topological polar surface area (TPSA) is 104 Å². The molecule has 1 saturated heterocycles. The third-order valence-corrected chi connectivity index (χ3v) is 6.57. The number of hydrogen-bond acceptors (Lipinski definition) is 5. The molecule has 2 aromatic carbocycles. The Labute approximate surface area is 203 Å². The van der Waals surface area contributed by atoms with Crippen molar-refractivity contribution in [3.05, 3.63) is 66.2 Å². The smallest absolute Gasteiger partial charge is 0.231 e. The number of hydrogen-bond donors (Lipinski definition) is 2. The van der Waals surface area contributed by atoms with E-state index in [2.05, 4.69) is 26.5 Å². The van der Waals surface area contributed by atoms with Crippen LogP contribution in [0.15, 0.2) is 59.3 Å². The van der Waals surface area contributed by atoms with Gasteiger partial charge in [0, 0.05) is 54.3 Å². The van der Waals surface area contributed by atoms with Crippen molar-refractivity contribution in [2.24, 2.45) is 0 Å². The van der Waals surface area contributed by atoms with E-state index in [1.54, 1.807) is 0 Å². The molecule has 1 aliphatic heterocycles. The molecule has 0 aliphatic carbocycles. The fourth-order valence-electron chi connectivity index (χ4n) is 4.65. The first-order chi connectivity index (χ1) is 17.1. The number of benzene rings is 2. The van der Waals surface area contributed by atoms with Crippen LogP contribution in [0.3, 0.4) is 0 Å². The van der Waals surface area contributed by atoms with Crippen LogP contribution < -0.4 is 5.32 Å². The van der Waals surface area contributed by atoms with Crippen molar-refractivity contribution in [3.63, 3.8) is 0 Å². The summed E-state index contributed by atoms with van der Waals surface area (Å²) in [5.41, 5.74) is 3.74. The minimum Gasteiger partial charge on any atom is -0.361 e. The van der Waals surface area contributed by atoms with Crippen LogP contribution in [0.2, 0.25) is 0 Å². The summed E-state index contributed by atoms with van der Waals surface area (Å²) in [5.74, 6) is 1.16. The Balaban J connectivity index is 1.22. The van der Waals surface area contributed by atoms with Crippen molar-refractivity contribution in [1.29, 1.82) is 0 Å². The SMILES string of the molecule is CCC(=O)Nc1cccc(-c2noc(C3CCCN(C(=O)CCc4c[nH]c5ccccc45)C3)n2)c1. The summed E-state index contributed by atoms with van der Waals surface area (Å²) < 4.78 is 5.61. The molecule has 1 fully saturated rings. The van der Waals surface area contributed by atoms with E-state index in [0.29, 0.717) is 43.2 Å². The zero-order valence-corrected chi connectivity index (χ0v) is 19.8. The molecule has 2 amide bonds. The lowest BCUT2D eigenvalue weighted by molar-refractivity contribution is -0.132. The number of anilines is 1. The monoisotopic (exact) mass is 471 g/mol. The van der Waals surface area contributed by atoms with Crippen molar-refractivity contribution < 1.29 is 14.1 Å². The number of nitrogens with one attached hydrogen (secondary N) is 2. The van der Waals surface area contributed by atoms with Crippen molar-refractivity contribution in [2.45, 2.75) is 44.9 Å². The van der Waals surface area contributed by atoms with E-state index in [4.69, 9.17) is 4.52 Å². The third-order valence-electron chi connectivity index (χ3n) is 6.57. The zero-order valence-electron chi connectivity index (χ0n) is 19.8. The van der Waals surface area contributed by atoms with Crippen LogP contribution >= 0.6 is 0 Å². The van der Waals surface area contributed by atoms with Crippen LogP contribution in [0.25, 0.3) is 22.3 Å². The molecular formula is C27H29N5O3. The van der Waals surface area contributed by atoms with E-state index in [1.165, 1.54) is 10.9 Å². The predicted molar refractivity (Wildman–Crippen MR) is 134 cm³/mol. The second-order valence-corrected chi connectivity index (χ2v) is 8.98. The molecule has 2 aromatic heterocycles. The van der Waals surface area contributed by atoms with Gasteiger partial charge in [-0.15, -0.1) is 0 Å². The molecule has 35 heavy (non-hydrogen) atoms. The zero-order chi connectivity index (χ0) is 24.2. The highest BCUT2D eigenvalue weighted by atomic mass is 16.5. The largest absolute Gasteiger partial charge is 0.361 e. The highest BCUT2D eigenvalue weighted by molar-refractivity contribution is 5.91. The third kappa shape index (κ3) is 5.11. The van der Waals surface area contributed by atoms with Crippen molar-refractivity contribution in [2.75, 3.05) is 18.4 Å². The Hall–Kier alpha value is -3.94. The second-order valence-electron chi connectivity index (χ2n) is 8.98. The van der Waals surface area contributed by atoms with Gasteiger partial charge in [-0.1, -0.05) is 42.4 Å². The maximum atomic E-state index is 13.0. The van der Waals surface area contributed by atoms with E-state index in [0.717, 1.165) is 30.5 Å². The Morgan fingerprint density at radius 3 is 2.97 bits per heavy atom. The number of aryl methyl sites for hydroxylation is 1. The first-order valence-corrected chi connectivity index (χ1v) is 12.2. The number of fused-ring (bicyclic) bond motifs is 1. The normalized spacial score (nSPS) is 15.9. The molecule has 0 saturated carbocycles. The van der Waals surface area contributed by atoms with Crippen molar-refractivity contribution in [3.8, 4) is 11.4 Å². The van der Waals surface area contributed by atoms with Gasteiger partial charge in [-0.25, -0.2) is 0 Å². The number of rotatable bonds is 7. The summed E-state index contributed by atoms with van der Waals surface area (Å²) in [6, 6.07) is 15.6. The quantitative estimate of drug-likeness (QED) is 0.399. The van der Waals surface area contributed by atoms with Gasteiger partial charge in [0.15, 0.2) is 0 Å². The summed E-state index contributed by atoms with van der Waals surface area (Å²) >= 11 is 0. The van der Waals surface area contributed by atoms with Crippen LogP contribution in [0.4, 0.5) is 5.69 Å². The molecule has 8 heteroatoms. The minimum atomic E-state index is -0.0485. The van der Waals surface area contributed by atoms with Crippen LogP contribution in [-0.4, -0.2) is 44.9 Å². The number of H-pyrrole nitrogens is 1. The van der Waals surface area contributed by atoms with Gasteiger partial charge in [0.25, 0.3) is 0 Å². The number of nitrogens with zero attached hydrogens (tertiary/aromatic N) is 3. The molecule has 2 N–H and O–H groups in total. The molecule has 3 heterocycles. The molecule has 1 unspecified atom stereocenters. The van der Waals surface area contributed by atoms with E-state index in [9.17, 15) is 9.59 Å². The van der Waals surface area contributed by atoms with E-state index in [1.807, 2.05) is 60.5 Å². The predicted octanol–water partition coefficient (Wildman–Crippen LogP) is 4.91. The van der Waals surface area contributed by atoms with Gasteiger partial charge in [-0.3, -0.25) is 9.59 Å². The van der Waals surface area contributed by atoms with Crippen molar-refractivity contribution in [1.82, 2.24) is 20.0 Å². The number of para-hydroxylation sites is 1. The lowest BCUT2D eigenvalue weighted by atomic mass is 9.97. The van der Waals surface area contributed by atoms with Crippen LogP contribution in [-0.2, 0) is 16.0 Å². The fourth-order valence-corrected chi connectivity index (χ4v) is 4.65. The number of aromatic nitrogens is 3. The molecule has 180 valence electrons. The Bertz CT molecular complexity index is 1340. The first-order valence-electron chi connectivity index (χ1n) is 12.2.